The Morgan fingerprint density at radius 3 is 2.21 bits per heavy atom. The lowest BCUT2D eigenvalue weighted by Gasteiger charge is -2.24. The molecule has 0 bridgehead atoms. The zero-order valence-corrected chi connectivity index (χ0v) is 20.0. The van der Waals surface area contributed by atoms with Crippen LogP contribution in [0.3, 0.4) is 0 Å². The summed E-state index contributed by atoms with van der Waals surface area (Å²) in [6.07, 6.45) is 0. The predicted octanol–water partition coefficient (Wildman–Crippen LogP) is 4.36. The Hall–Kier alpha value is -3.92. The van der Waals surface area contributed by atoms with E-state index in [9.17, 15) is 23.3 Å². The smallest absolute Gasteiger partial charge is 0.273 e. The fourth-order valence-electron chi connectivity index (χ4n) is 3.29. The molecule has 0 aliphatic carbocycles. The van der Waals surface area contributed by atoms with Crippen LogP contribution >= 0.6 is 0 Å². The van der Waals surface area contributed by atoms with Crippen LogP contribution in [0.1, 0.15) is 16.7 Å². The molecule has 9 nitrogen and oxygen atoms in total. The number of methoxy groups -OCH3 is 1. The van der Waals surface area contributed by atoms with Gasteiger partial charge in [0.25, 0.3) is 15.7 Å². The number of carbonyl (C=O) groups is 1. The van der Waals surface area contributed by atoms with E-state index in [1.807, 2.05) is 19.9 Å². The van der Waals surface area contributed by atoms with Gasteiger partial charge in [0.05, 0.1) is 22.6 Å². The molecule has 0 aliphatic heterocycles. The van der Waals surface area contributed by atoms with Crippen LogP contribution < -0.4 is 14.4 Å². The third-order valence-corrected chi connectivity index (χ3v) is 7.17. The van der Waals surface area contributed by atoms with Gasteiger partial charge in [-0.15, -0.1) is 0 Å². The highest BCUT2D eigenvalue weighted by molar-refractivity contribution is 7.92. The third kappa shape index (κ3) is 5.34. The molecule has 0 heterocycles. The maximum absolute atomic E-state index is 13.6. The number of hydrogen-bond donors (Lipinski definition) is 1. The van der Waals surface area contributed by atoms with Crippen LogP contribution in [0, 0.1) is 30.9 Å². The molecule has 3 rings (SSSR count). The molecule has 3 aromatic rings. The summed E-state index contributed by atoms with van der Waals surface area (Å²) >= 11 is 0. The van der Waals surface area contributed by atoms with Gasteiger partial charge in [0.15, 0.2) is 0 Å². The highest BCUT2D eigenvalue weighted by Gasteiger charge is 2.29. The number of hydrogen-bond acceptors (Lipinski definition) is 6. The maximum atomic E-state index is 13.6. The molecule has 1 N–H and O–H groups in total. The molecule has 0 unspecified atom stereocenters. The summed E-state index contributed by atoms with van der Waals surface area (Å²) in [4.78, 5) is 23.3. The quantitative estimate of drug-likeness (QED) is 0.376. The second kappa shape index (κ2) is 9.92. The van der Waals surface area contributed by atoms with E-state index in [1.54, 1.807) is 24.3 Å². The largest absolute Gasteiger partial charge is 0.497 e. The Labute approximate surface area is 198 Å². The van der Waals surface area contributed by atoms with Gasteiger partial charge in [-0.2, -0.15) is 0 Å². The van der Waals surface area contributed by atoms with E-state index in [1.165, 1.54) is 38.3 Å². The van der Waals surface area contributed by atoms with Crippen LogP contribution in [0.25, 0.3) is 0 Å². The number of ether oxygens (including phenoxy) is 1. The first-order valence-electron chi connectivity index (χ1n) is 10.3. The number of amides is 1. The Bertz CT molecular complexity index is 1340. The van der Waals surface area contributed by atoms with Crippen molar-refractivity contribution in [2.24, 2.45) is 0 Å². The molecule has 0 atom stereocenters. The minimum Gasteiger partial charge on any atom is -0.497 e. The Morgan fingerprint density at radius 2 is 1.62 bits per heavy atom. The van der Waals surface area contributed by atoms with Gasteiger partial charge in [-0.05, 0) is 74.4 Å². The van der Waals surface area contributed by atoms with Gasteiger partial charge < -0.3 is 10.1 Å². The fourth-order valence-corrected chi connectivity index (χ4v) is 4.73. The van der Waals surface area contributed by atoms with Gasteiger partial charge in [-0.25, -0.2) is 8.42 Å². The van der Waals surface area contributed by atoms with Gasteiger partial charge in [-0.3, -0.25) is 19.2 Å². The molecule has 3 aromatic carbocycles. The molecule has 0 radical (unpaired) electrons. The summed E-state index contributed by atoms with van der Waals surface area (Å²) in [7, 11) is -2.84. The average molecular weight is 484 g/mol. The molecule has 1 amide bonds. The van der Waals surface area contributed by atoms with Crippen molar-refractivity contribution in [1.82, 2.24) is 0 Å². The van der Waals surface area contributed by atoms with E-state index < -0.39 is 27.4 Å². The molecule has 0 saturated heterocycles. The maximum Gasteiger partial charge on any atom is 0.273 e. The zero-order chi connectivity index (χ0) is 25.0. The number of nitrogens with zero attached hydrogens (tertiary/aromatic N) is 2. The van der Waals surface area contributed by atoms with Crippen molar-refractivity contribution in [3.05, 3.63) is 87.5 Å². The third-order valence-electron chi connectivity index (χ3n) is 5.40. The van der Waals surface area contributed by atoms with Crippen molar-refractivity contribution < 1.29 is 22.9 Å². The molecule has 0 aromatic heterocycles. The topological polar surface area (TPSA) is 119 Å². The average Bonchev–Trinajstić information content (AvgIpc) is 2.80. The lowest BCUT2D eigenvalue weighted by molar-refractivity contribution is -0.385. The summed E-state index contributed by atoms with van der Waals surface area (Å²) in [5.41, 5.74) is 2.78. The van der Waals surface area contributed by atoms with Gasteiger partial charge in [0, 0.05) is 17.3 Å². The van der Waals surface area contributed by atoms with Crippen LogP contribution in [-0.2, 0) is 14.8 Å². The van der Waals surface area contributed by atoms with Gasteiger partial charge in [0.1, 0.15) is 12.3 Å². The van der Waals surface area contributed by atoms with Crippen LogP contribution in [0.4, 0.5) is 17.1 Å². The molecular formula is C24H25N3O6S. The number of aryl methyl sites for hydroxylation is 3. The first-order chi connectivity index (χ1) is 16.0. The molecule has 0 saturated carbocycles. The Kier molecular flexibility index (Phi) is 7.21. The number of rotatable bonds is 8. The lowest BCUT2D eigenvalue weighted by Crippen LogP contribution is -2.38. The summed E-state index contributed by atoms with van der Waals surface area (Å²) in [6, 6.07) is 15.2. The summed E-state index contributed by atoms with van der Waals surface area (Å²) < 4.78 is 33.2. The lowest BCUT2D eigenvalue weighted by atomic mass is 10.1. The number of carbonyl (C=O) groups excluding carboxylic acids is 1. The van der Waals surface area contributed by atoms with Crippen molar-refractivity contribution >= 4 is 33.0 Å². The molecule has 0 aliphatic rings. The van der Waals surface area contributed by atoms with E-state index >= 15 is 0 Å². The van der Waals surface area contributed by atoms with Crippen molar-refractivity contribution in [1.29, 1.82) is 0 Å². The second-order valence-corrected chi connectivity index (χ2v) is 9.62. The van der Waals surface area contributed by atoms with Crippen LogP contribution in [0.2, 0.25) is 0 Å². The minimum absolute atomic E-state index is 0.208. The van der Waals surface area contributed by atoms with Crippen LogP contribution in [0.15, 0.2) is 65.6 Å². The number of nitro benzene ring substituents is 1. The van der Waals surface area contributed by atoms with Crippen molar-refractivity contribution in [3.8, 4) is 5.75 Å². The number of anilines is 2. The molecule has 0 spiro atoms. The van der Waals surface area contributed by atoms with Crippen LogP contribution in [-0.4, -0.2) is 32.9 Å². The molecule has 178 valence electrons. The van der Waals surface area contributed by atoms with Crippen molar-refractivity contribution in [3.63, 3.8) is 0 Å². The van der Waals surface area contributed by atoms with E-state index in [0.717, 1.165) is 21.5 Å². The highest BCUT2D eigenvalue weighted by atomic mass is 32.2. The highest BCUT2D eigenvalue weighted by Crippen LogP contribution is 2.29. The van der Waals surface area contributed by atoms with E-state index in [4.69, 9.17) is 4.74 Å². The number of benzene rings is 3. The molecule has 0 fully saturated rings. The predicted molar refractivity (Wildman–Crippen MR) is 130 cm³/mol. The van der Waals surface area contributed by atoms with Gasteiger partial charge >= 0.3 is 0 Å². The monoisotopic (exact) mass is 483 g/mol. The number of nitro groups is 1. The molecular weight excluding hydrogens is 458 g/mol. The second-order valence-electron chi connectivity index (χ2n) is 7.76. The van der Waals surface area contributed by atoms with E-state index in [2.05, 4.69) is 5.32 Å². The standard InChI is InChI=1S/C24H25N3O6S/c1-16-5-7-19(13-18(16)3)25-24(28)15-26(20-8-10-21(33-4)11-9-20)34(31,32)22-12-6-17(2)23(14-22)27(29)30/h5-14H,15H2,1-4H3,(H,25,28). The first-order valence-corrected chi connectivity index (χ1v) is 11.8. The van der Waals surface area contributed by atoms with Gasteiger partial charge in [0.2, 0.25) is 5.91 Å². The number of nitrogens with one attached hydrogen (secondary N) is 1. The number of sulfonamides is 1. The Morgan fingerprint density at radius 1 is 0.971 bits per heavy atom. The fraction of sp³-hybridized carbons (Fsp3) is 0.208. The summed E-state index contributed by atoms with van der Waals surface area (Å²) in [6.45, 7) is 4.83. The summed E-state index contributed by atoms with van der Waals surface area (Å²) in [5, 5.41) is 14.1. The van der Waals surface area contributed by atoms with Crippen molar-refractivity contribution in [2.45, 2.75) is 25.7 Å². The first kappa shape index (κ1) is 24.7. The van der Waals surface area contributed by atoms with E-state index in [0.29, 0.717) is 17.0 Å². The van der Waals surface area contributed by atoms with Crippen LogP contribution in [0.5, 0.6) is 5.75 Å². The van der Waals surface area contributed by atoms with Gasteiger partial charge in [-0.1, -0.05) is 12.1 Å². The molecule has 34 heavy (non-hydrogen) atoms. The van der Waals surface area contributed by atoms with Crippen molar-refractivity contribution in [2.75, 3.05) is 23.3 Å². The Balaban J connectivity index is 2.00. The van der Waals surface area contributed by atoms with E-state index in [-0.39, 0.29) is 16.3 Å². The zero-order valence-electron chi connectivity index (χ0n) is 19.2. The minimum atomic E-state index is -4.32. The summed E-state index contributed by atoms with van der Waals surface area (Å²) in [5.74, 6) is -0.0593. The SMILES string of the molecule is COc1ccc(N(CC(=O)Nc2ccc(C)c(C)c2)S(=O)(=O)c2ccc(C)c([N+](=O)[O-])c2)cc1. The normalized spacial score (nSPS) is 11.1. The molecule has 10 heteroatoms.